The second-order valence-corrected chi connectivity index (χ2v) is 9.62. The zero-order valence-electron chi connectivity index (χ0n) is 19.2. The number of phenols is 1. The predicted molar refractivity (Wildman–Crippen MR) is 142 cm³/mol. The summed E-state index contributed by atoms with van der Waals surface area (Å²) in [6, 6.07) is 15.1. The number of imide groups is 1. The second kappa shape index (κ2) is 11.1. The van der Waals surface area contributed by atoms with Crippen LogP contribution in [-0.2, 0) is 16.1 Å². The fourth-order valence-corrected chi connectivity index (χ4v) is 4.60. The molecule has 0 aliphatic carbocycles. The summed E-state index contributed by atoms with van der Waals surface area (Å²) in [7, 11) is 1.27. The number of amides is 3. The number of thioether (sulfide) groups is 1. The summed E-state index contributed by atoms with van der Waals surface area (Å²) >= 11 is 12.7. The van der Waals surface area contributed by atoms with E-state index in [1.54, 1.807) is 18.2 Å². The SMILES string of the molecule is COC(=O)c1ccc(NC(=O)c2cc(/C=C3/SC(=O)N(Cc4ccc(Cl)c(Cl)c4)C3=O)ccc2O)cc1. The molecule has 1 aliphatic heterocycles. The molecular formula is C26H18Cl2N2O6S. The lowest BCUT2D eigenvalue weighted by atomic mass is 10.1. The first-order chi connectivity index (χ1) is 17.7. The number of carbonyl (C=O) groups excluding carboxylic acids is 4. The van der Waals surface area contributed by atoms with Gasteiger partial charge >= 0.3 is 5.97 Å². The Morgan fingerprint density at radius 3 is 2.43 bits per heavy atom. The summed E-state index contributed by atoms with van der Waals surface area (Å²) in [5, 5.41) is 13.1. The van der Waals surface area contributed by atoms with Crippen LogP contribution in [0.25, 0.3) is 6.08 Å². The van der Waals surface area contributed by atoms with Gasteiger partial charge in [0.25, 0.3) is 17.1 Å². The number of ether oxygens (including phenoxy) is 1. The van der Waals surface area contributed by atoms with Gasteiger partial charge in [-0.25, -0.2) is 4.79 Å². The first-order valence-corrected chi connectivity index (χ1v) is 12.3. The van der Waals surface area contributed by atoms with Crippen LogP contribution in [0.2, 0.25) is 10.0 Å². The zero-order chi connectivity index (χ0) is 26.7. The van der Waals surface area contributed by atoms with E-state index in [0.29, 0.717) is 32.4 Å². The fraction of sp³-hybridized carbons (Fsp3) is 0.0769. The van der Waals surface area contributed by atoms with E-state index in [4.69, 9.17) is 23.2 Å². The molecule has 1 aliphatic rings. The van der Waals surface area contributed by atoms with Crippen molar-refractivity contribution in [2.45, 2.75) is 6.54 Å². The van der Waals surface area contributed by atoms with Gasteiger partial charge in [-0.15, -0.1) is 0 Å². The van der Waals surface area contributed by atoms with E-state index in [9.17, 15) is 24.3 Å². The van der Waals surface area contributed by atoms with Crippen LogP contribution in [0.1, 0.15) is 31.8 Å². The van der Waals surface area contributed by atoms with Gasteiger partial charge in [-0.1, -0.05) is 35.3 Å². The summed E-state index contributed by atoms with van der Waals surface area (Å²) in [6.45, 7) is 0.0247. The highest BCUT2D eigenvalue weighted by Gasteiger charge is 2.35. The molecule has 1 heterocycles. The summed E-state index contributed by atoms with van der Waals surface area (Å²) in [4.78, 5) is 51.0. The quantitative estimate of drug-likeness (QED) is 0.284. The van der Waals surface area contributed by atoms with Crippen LogP contribution in [0, 0.1) is 0 Å². The molecule has 188 valence electrons. The number of anilines is 1. The van der Waals surface area contributed by atoms with Crippen LogP contribution in [0.5, 0.6) is 5.75 Å². The lowest BCUT2D eigenvalue weighted by Crippen LogP contribution is -2.27. The van der Waals surface area contributed by atoms with Gasteiger partial charge < -0.3 is 15.2 Å². The predicted octanol–water partition coefficient (Wildman–Crippen LogP) is 5.97. The number of halogens is 2. The highest BCUT2D eigenvalue weighted by molar-refractivity contribution is 8.18. The Morgan fingerprint density at radius 1 is 1.03 bits per heavy atom. The molecule has 3 amide bonds. The van der Waals surface area contributed by atoms with Crippen molar-refractivity contribution in [1.82, 2.24) is 4.90 Å². The fourth-order valence-electron chi connectivity index (χ4n) is 3.44. The first kappa shape index (κ1) is 26.3. The Balaban J connectivity index is 1.51. The number of nitrogens with one attached hydrogen (secondary N) is 1. The molecule has 37 heavy (non-hydrogen) atoms. The minimum Gasteiger partial charge on any atom is -0.507 e. The molecule has 11 heteroatoms. The van der Waals surface area contributed by atoms with Gasteiger partial charge in [0.05, 0.1) is 39.7 Å². The van der Waals surface area contributed by atoms with E-state index in [1.165, 1.54) is 55.7 Å². The Morgan fingerprint density at radius 2 is 1.76 bits per heavy atom. The van der Waals surface area contributed by atoms with Gasteiger partial charge in [-0.3, -0.25) is 19.3 Å². The van der Waals surface area contributed by atoms with Crippen LogP contribution < -0.4 is 5.32 Å². The Labute approximate surface area is 225 Å². The number of nitrogens with zero attached hydrogens (tertiary/aromatic N) is 1. The molecular weight excluding hydrogens is 539 g/mol. The van der Waals surface area contributed by atoms with Crippen molar-refractivity contribution in [2.24, 2.45) is 0 Å². The number of rotatable bonds is 6. The van der Waals surface area contributed by atoms with Gasteiger partial charge in [0, 0.05) is 5.69 Å². The van der Waals surface area contributed by atoms with Crippen LogP contribution in [-0.4, -0.2) is 40.1 Å². The zero-order valence-corrected chi connectivity index (χ0v) is 21.5. The molecule has 0 saturated carbocycles. The number of hydrogen-bond donors (Lipinski definition) is 2. The lowest BCUT2D eigenvalue weighted by molar-refractivity contribution is -0.123. The molecule has 8 nitrogen and oxygen atoms in total. The van der Waals surface area contributed by atoms with Crippen LogP contribution in [0.4, 0.5) is 10.5 Å². The third-order valence-electron chi connectivity index (χ3n) is 5.33. The van der Waals surface area contributed by atoms with Gasteiger partial charge in [-0.05, 0) is 77.5 Å². The molecule has 0 spiro atoms. The molecule has 4 rings (SSSR count). The van der Waals surface area contributed by atoms with Crippen molar-refractivity contribution in [2.75, 3.05) is 12.4 Å². The molecule has 0 unspecified atom stereocenters. The molecule has 1 saturated heterocycles. The van der Waals surface area contributed by atoms with E-state index in [1.807, 2.05) is 0 Å². The van der Waals surface area contributed by atoms with Crippen LogP contribution in [0.15, 0.2) is 65.6 Å². The van der Waals surface area contributed by atoms with E-state index < -0.39 is 23.0 Å². The Bertz CT molecular complexity index is 1460. The standard InChI is InChI=1S/C26H18Cl2N2O6S/c1-36-25(34)16-4-6-17(7-5-16)29-23(32)18-10-14(3-9-21(18)31)12-22-24(33)30(26(35)37-22)13-15-2-8-19(27)20(28)11-15/h2-12,31H,13H2,1H3,(H,29,32)/b22-12+. The number of hydrogen-bond acceptors (Lipinski definition) is 7. The topological polar surface area (TPSA) is 113 Å². The molecule has 2 N–H and O–H groups in total. The van der Waals surface area contributed by atoms with Gasteiger partial charge in [-0.2, -0.15) is 0 Å². The number of methoxy groups -OCH3 is 1. The van der Waals surface area contributed by atoms with Crippen molar-refractivity contribution in [3.05, 3.63) is 97.9 Å². The molecule has 0 atom stereocenters. The molecule has 0 aromatic heterocycles. The largest absolute Gasteiger partial charge is 0.507 e. The van der Waals surface area contributed by atoms with E-state index in [0.717, 1.165) is 16.7 Å². The minimum atomic E-state index is -0.605. The van der Waals surface area contributed by atoms with Gasteiger partial charge in [0.1, 0.15) is 5.75 Å². The van der Waals surface area contributed by atoms with E-state index in [2.05, 4.69) is 10.1 Å². The Hall–Kier alpha value is -3.79. The van der Waals surface area contributed by atoms with Crippen molar-refractivity contribution >= 4 is 69.8 Å². The minimum absolute atomic E-state index is 0.0247. The maximum atomic E-state index is 12.9. The third-order valence-corrected chi connectivity index (χ3v) is 6.97. The smallest absolute Gasteiger partial charge is 0.337 e. The van der Waals surface area contributed by atoms with E-state index in [-0.39, 0.29) is 22.8 Å². The van der Waals surface area contributed by atoms with E-state index >= 15 is 0 Å². The van der Waals surface area contributed by atoms with Crippen molar-refractivity contribution < 1.29 is 29.0 Å². The monoisotopic (exact) mass is 556 g/mol. The summed E-state index contributed by atoms with van der Waals surface area (Å²) < 4.78 is 4.64. The highest BCUT2D eigenvalue weighted by Crippen LogP contribution is 2.34. The maximum Gasteiger partial charge on any atom is 0.337 e. The normalized spacial score (nSPS) is 14.2. The lowest BCUT2D eigenvalue weighted by Gasteiger charge is -2.13. The first-order valence-electron chi connectivity index (χ1n) is 10.7. The second-order valence-electron chi connectivity index (χ2n) is 7.82. The van der Waals surface area contributed by atoms with Crippen molar-refractivity contribution in [3.8, 4) is 5.75 Å². The number of benzene rings is 3. The highest BCUT2D eigenvalue weighted by atomic mass is 35.5. The average molecular weight is 557 g/mol. The van der Waals surface area contributed by atoms with Gasteiger partial charge in [0.2, 0.25) is 0 Å². The van der Waals surface area contributed by atoms with Crippen molar-refractivity contribution in [1.29, 1.82) is 0 Å². The van der Waals surface area contributed by atoms with Crippen molar-refractivity contribution in [3.63, 3.8) is 0 Å². The summed E-state index contributed by atoms with van der Waals surface area (Å²) in [5.74, 6) is -1.88. The number of esters is 1. The maximum absolute atomic E-state index is 12.9. The van der Waals surface area contributed by atoms with Crippen LogP contribution in [0.3, 0.4) is 0 Å². The average Bonchev–Trinajstić information content (AvgIpc) is 3.14. The van der Waals surface area contributed by atoms with Crippen LogP contribution >= 0.6 is 35.0 Å². The third kappa shape index (κ3) is 5.96. The Kier molecular flexibility index (Phi) is 7.87. The molecule has 0 radical (unpaired) electrons. The summed E-state index contributed by atoms with van der Waals surface area (Å²) in [6.07, 6.45) is 1.47. The number of aromatic hydroxyl groups is 1. The number of phenolic OH excluding ortho intramolecular Hbond substituents is 1. The van der Waals surface area contributed by atoms with Gasteiger partial charge in [0.15, 0.2) is 0 Å². The molecule has 3 aromatic carbocycles. The number of carbonyl (C=O) groups is 4. The molecule has 3 aromatic rings. The molecule has 1 fully saturated rings. The molecule has 0 bridgehead atoms. The summed E-state index contributed by atoms with van der Waals surface area (Å²) in [5.41, 5.74) is 1.75.